The smallest absolute Gasteiger partial charge is 0.188 e. The van der Waals surface area contributed by atoms with E-state index in [1.807, 2.05) is 6.07 Å². The molecule has 1 aliphatic carbocycles. The molecular weight excluding hydrogens is 200 g/mol. The fourth-order valence-electron chi connectivity index (χ4n) is 2.78. The minimum Gasteiger partial charge on any atom is -0.381 e. The highest BCUT2D eigenvalue weighted by Gasteiger charge is 2.38. The molecule has 2 aliphatic rings. The third-order valence-corrected chi connectivity index (χ3v) is 3.59. The Kier molecular flexibility index (Phi) is 1.97. The van der Waals surface area contributed by atoms with Gasteiger partial charge in [-0.3, -0.25) is 4.79 Å². The number of Topliss-reactive ketones (excluding diaryl/α,β-unsaturated/α-hetero) is 1. The molecule has 1 fully saturated rings. The molecule has 0 saturated heterocycles. The topological polar surface area (TPSA) is 33.5 Å². The summed E-state index contributed by atoms with van der Waals surface area (Å²) in [4.78, 5) is 15.6. The van der Waals surface area contributed by atoms with Gasteiger partial charge in [0.25, 0.3) is 0 Å². The molecule has 16 heavy (non-hydrogen) atoms. The Morgan fingerprint density at radius 2 is 2.25 bits per heavy atom. The second-order valence-corrected chi connectivity index (χ2v) is 4.49. The van der Waals surface area contributed by atoms with Gasteiger partial charge in [-0.15, -0.1) is 0 Å². The SMILES string of the molecule is [C-]#[N+]c1ccc2c(c1)C(=O)C1CCCC1N2. The van der Waals surface area contributed by atoms with E-state index in [9.17, 15) is 4.79 Å². The van der Waals surface area contributed by atoms with E-state index in [-0.39, 0.29) is 11.7 Å². The molecule has 3 heteroatoms. The van der Waals surface area contributed by atoms with Crippen molar-refractivity contribution in [1.82, 2.24) is 0 Å². The van der Waals surface area contributed by atoms with Crippen LogP contribution in [-0.4, -0.2) is 11.8 Å². The Balaban J connectivity index is 2.08. The minimum atomic E-state index is 0.133. The lowest BCUT2D eigenvalue weighted by molar-refractivity contribution is 0.0911. The van der Waals surface area contributed by atoms with Crippen molar-refractivity contribution in [2.75, 3.05) is 5.32 Å². The maximum Gasteiger partial charge on any atom is 0.188 e. The average Bonchev–Trinajstić information content (AvgIpc) is 2.77. The summed E-state index contributed by atoms with van der Waals surface area (Å²) in [5, 5.41) is 3.42. The summed E-state index contributed by atoms with van der Waals surface area (Å²) in [5.74, 6) is 0.357. The van der Waals surface area contributed by atoms with E-state index in [0.29, 0.717) is 17.3 Å². The van der Waals surface area contributed by atoms with E-state index >= 15 is 0 Å². The highest BCUT2D eigenvalue weighted by molar-refractivity contribution is 6.06. The Morgan fingerprint density at radius 1 is 1.38 bits per heavy atom. The van der Waals surface area contributed by atoms with Crippen molar-refractivity contribution in [3.8, 4) is 0 Å². The van der Waals surface area contributed by atoms with Gasteiger partial charge < -0.3 is 5.32 Å². The van der Waals surface area contributed by atoms with Gasteiger partial charge in [0.05, 0.1) is 6.57 Å². The summed E-state index contributed by atoms with van der Waals surface area (Å²) in [7, 11) is 0. The van der Waals surface area contributed by atoms with E-state index in [2.05, 4.69) is 10.2 Å². The molecule has 0 amide bonds. The second-order valence-electron chi connectivity index (χ2n) is 4.49. The van der Waals surface area contributed by atoms with Crippen LogP contribution >= 0.6 is 0 Å². The van der Waals surface area contributed by atoms with Gasteiger partial charge in [0, 0.05) is 23.2 Å². The molecule has 0 bridgehead atoms. The van der Waals surface area contributed by atoms with Crippen molar-refractivity contribution < 1.29 is 4.79 Å². The average molecular weight is 212 g/mol. The molecule has 1 aromatic carbocycles. The zero-order valence-corrected chi connectivity index (χ0v) is 8.86. The van der Waals surface area contributed by atoms with Crippen LogP contribution in [0.2, 0.25) is 0 Å². The van der Waals surface area contributed by atoms with Gasteiger partial charge >= 0.3 is 0 Å². The summed E-state index contributed by atoms with van der Waals surface area (Å²) >= 11 is 0. The Labute approximate surface area is 94.3 Å². The zero-order valence-electron chi connectivity index (χ0n) is 8.86. The van der Waals surface area contributed by atoms with Gasteiger partial charge in [-0.25, -0.2) is 4.85 Å². The Bertz CT molecular complexity index is 501. The number of nitrogens with zero attached hydrogens (tertiary/aromatic N) is 1. The van der Waals surface area contributed by atoms with Gasteiger partial charge in [-0.05, 0) is 25.0 Å². The van der Waals surface area contributed by atoms with Gasteiger partial charge in [0.2, 0.25) is 0 Å². The van der Waals surface area contributed by atoms with Gasteiger partial charge in [-0.2, -0.15) is 0 Å². The quantitative estimate of drug-likeness (QED) is 0.670. The van der Waals surface area contributed by atoms with E-state index < -0.39 is 0 Å². The van der Waals surface area contributed by atoms with E-state index in [0.717, 1.165) is 24.9 Å². The summed E-state index contributed by atoms with van der Waals surface area (Å²) in [6.07, 6.45) is 3.19. The van der Waals surface area contributed by atoms with E-state index in [1.54, 1.807) is 12.1 Å². The summed E-state index contributed by atoms with van der Waals surface area (Å²) < 4.78 is 0. The third-order valence-electron chi connectivity index (χ3n) is 3.59. The summed E-state index contributed by atoms with van der Waals surface area (Å²) in [6, 6.07) is 5.65. The molecule has 3 nitrogen and oxygen atoms in total. The van der Waals surface area contributed by atoms with Crippen LogP contribution in [-0.2, 0) is 0 Å². The lowest BCUT2D eigenvalue weighted by Crippen LogP contribution is -2.35. The number of hydrogen-bond acceptors (Lipinski definition) is 2. The maximum absolute atomic E-state index is 12.2. The molecule has 1 N–H and O–H groups in total. The predicted octanol–water partition coefficient (Wildman–Crippen LogP) is 3.01. The number of nitrogens with one attached hydrogen (secondary N) is 1. The minimum absolute atomic E-state index is 0.133. The number of benzene rings is 1. The van der Waals surface area contributed by atoms with E-state index in [4.69, 9.17) is 6.57 Å². The third kappa shape index (κ3) is 1.23. The number of anilines is 1. The van der Waals surface area contributed by atoms with Crippen molar-refractivity contribution in [1.29, 1.82) is 0 Å². The molecule has 2 atom stereocenters. The van der Waals surface area contributed by atoms with Crippen LogP contribution in [0.4, 0.5) is 11.4 Å². The van der Waals surface area contributed by atoms with Crippen LogP contribution in [0.3, 0.4) is 0 Å². The highest BCUT2D eigenvalue weighted by atomic mass is 16.1. The second kappa shape index (κ2) is 3.34. The normalized spacial score (nSPS) is 26.6. The molecular formula is C13H12N2O. The Morgan fingerprint density at radius 3 is 3.06 bits per heavy atom. The molecule has 0 aromatic heterocycles. The first kappa shape index (κ1) is 9.41. The number of hydrogen-bond donors (Lipinski definition) is 1. The number of carbonyl (C=O) groups excluding carboxylic acids is 1. The number of rotatable bonds is 0. The lowest BCUT2D eigenvalue weighted by Gasteiger charge is -2.28. The first-order valence-corrected chi connectivity index (χ1v) is 5.62. The molecule has 1 saturated carbocycles. The van der Waals surface area contributed by atoms with Crippen molar-refractivity contribution >= 4 is 17.2 Å². The predicted molar refractivity (Wildman–Crippen MR) is 61.8 cm³/mol. The van der Waals surface area contributed by atoms with E-state index in [1.165, 1.54) is 0 Å². The largest absolute Gasteiger partial charge is 0.381 e. The van der Waals surface area contributed by atoms with Crippen LogP contribution in [0.25, 0.3) is 4.85 Å². The van der Waals surface area contributed by atoms with Gasteiger partial charge in [-0.1, -0.05) is 12.5 Å². The van der Waals surface area contributed by atoms with Gasteiger partial charge in [0.1, 0.15) is 0 Å². The zero-order chi connectivity index (χ0) is 11.1. The molecule has 3 rings (SSSR count). The standard InChI is InChI=1S/C13H12N2O/c1-14-8-5-6-12-10(7-8)13(16)9-3-2-4-11(9)15-12/h5-7,9,11,15H,2-4H2. The fraction of sp³-hybridized carbons (Fsp3) is 0.385. The molecule has 1 aliphatic heterocycles. The summed E-state index contributed by atoms with van der Waals surface area (Å²) in [5.41, 5.74) is 2.16. The van der Waals surface area contributed by atoms with Gasteiger partial charge in [0.15, 0.2) is 11.5 Å². The van der Waals surface area contributed by atoms with Crippen molar-refractivity contribution in [2.24, 2.45) is 5.92 Å². The number of ketones is 1. The maximum atomic E-state index is 12.2. The Hall–Kier alpha value is -1.82. The molecule has 0 spiro atoms. The lowest BCUT2D eigenvalue weighted by atomic mass is 9.88. The van der Waals surface area contributed by atoms with Crippen LogP contribution in [0.1, 0.15) is 29.6 Å². The van der Waals surface area contributed by atoms with Crippen LogP contribution in [0.5, 0.6) is 0 Å². The van der Waals surface area contributed by atoms with Crippen molar-refractivity contribution in [3.63, 3.8) is 0 Å². The molecule has 1 aromatic rings. The van der Waals surface area contributed by atoms with Crippen LogP contribution < -0.4 is 5.32 Å². The summed E-state index contributed by atoms with van der Waals surface area (Å²) in [6.45, 7) is 6.97. The molecule has 0 radical (unpaired) electrons. The number of fused-ring (bicyclic) bond motifs is 2. The van der Waals surface area contributed by atoms with Crippen molar-refractivity contribution in [2.45, 2.75) is 25.3 Å². The van der Waals surface area contributed by atoms with Crippen LogP contribution in [0, 0.1) is 12.5 Å². The monoisotopic (exact) mass is 212 g/mol. The molecule has 80 valence electrons. The fourth-order valence-corrected chi connectivity index (χ4v) is 2.78. The molecule has 1 heterocycles. The van der Waals surface area contributed by atoms with Crippen molar-refractivity contribution in [3.05, 3.63) is 35.2 Å². The first-order valence-electron chi connectivity index (χ1n) is 5.62. The first-order chi connectivity index (χ1) is 7.79. The van der Waals surface area contributed by atoms with Crippen LogP contribution in [0.15, 0.2) is 18.2 Å². The number of carbonyl (C=O) groups is 1. The molecule has 2 unspecified atom stereocenters. The highest BCUT2D eigenvalue weighted by Crippen LogP contribution is 2.38.